The molecule has 0 aliphatic heterocycles. The van der Waals surface area contributed by atoms with Gasteiger partial charge in [0, 0.05) is 29.1 Å². The van der Waals surface area contributed by atoms with Gasteiger partial charge in [-0.3, -0.25) is 0 Å². The highest BCUT2D eigenvalue weighted by Gasteiger charge is 2.20. The SMILES string of the molecule is CCSC1C=c2[nH]c(C(C)/C=C(\CN)C(=O)O)cc2=CC1F. The van der Waals surface area contributed by atoms with Crippen LogP contribution in [0.15, 0.2) is 17.7 Å². The van der Waals surface area contributed by atoms with Crippen molar-refractivity contribution < 1.29 is 14.3 Å². The summed E-state index contributed by atoms with van der Waals surface area (Å²) in [5.41, 5.74) is 6.48. The Bertz CT molecular complexity index is 695. The first-order valence-corrected chi connectivity index (χ1v) is 8.33. The first-order valence-electron chi connectivity index (χ1n) is 7.28. The van der Waals surface area contributed by atoms with E-state index >= 15 is 0 Å². The molecule has 1 heterocycles. The summed E-state index contributed by atoms with van der Waals surface area (Å²) in [5, 5.41) is 10.6. The van der Waals surface area contributed by atoms with E-state index in [9.17, 15) is 9.18 Å². The number of aromatic amines is 1. The van der Waals surface area contributed by atoms with Crippen molar-refractivity contribution >= 4 is 29.9 Å². The smallest absolute Gasteiger partial charge is 0.332 e. The summed E-state index contributed by atoms with van der Waals surface area (Å²) in [6.45, 7) is 3.88. The molecule has 1 aliphatic carbocycles. The maximum atomic E-state index is 14.1. The predicted octanol–water partition coefficient (Wildman–Crippen LogP) is 1.12. The third-order valence-corrected chi connectivity index (χ3v) is 4.79. The average molecular weight is 324 g/mol. The molecule has 3 unspecified atom stereocenters. The number of fused-ring (bicyclic) bond motifs is 1. The second-order valence-corrected chi connectivity index (χ2v) is 6.74. The zero-order valence-electron chi connectivity index (χ0n) is 12.7. The van der Waals surface area contributed by atoms with E-state index in [4.69, 9.17) is 10.8 Å². The highest BCUT2D eigenvalue weighted by atomic mass is 32.2. The molecule has 120 valence electrons. The van der Waals surface area contributed by atoms with Gasteiger partial charge in [0.2, 0.25) is 0 Å². The van der Waals surface area contributed by atoms with Crippen LogP contribution >= 0.6 is 11.8 Å². The summed E-state index contributed by atoms with van der Waals surface area (Å²) < 4.78 is 14.1. The van der Waals surface area contributed by atoms with Crippen molar-refractivity contribution in [1.82, 2.24) is 4.98 Å². The van der Waals surface area contributed by atoms with E-state index in [-0.39, 0.29) is 23.3 Å². The summed E-state index contributed by atoms with van der Waals surface area (Å²) in [6.07, 6.45) is 4.17. The molecule has 6 heteroatoms. The van der Waals surface area contributed by atoms with E-state index in [1.54, 1.807) is 23.9 Å². The summed E-state index contributed by atoms with van der Waals surface area (Å²) in [6, 6.07) is 1.88. The lowest BCUT2D eigenvalue weighted by Gasteiger charge is -2.15. The molecular formula is C16H21FN2O2S. The lowest BCUT2D eigenvalue weighted by Crippen LogP contribution is -2.34. The summed E-state index contributed by atoms with van der Waals surface area (Å²) in [5.74, 6) is -0.278. The Labute approximate surface area is 133 Å². The van der Waals surface area contributed by atoms with Gasteiger partial charge in [-0.1, -0.05) is 19.9 Å². The molecule has 1 aliphatic rings. The van der Waals surface area contributed by atoms with Crippen molar-refractivity contribution in [1.29, 1.82) is 0 Å². The number of carboxylic acid groups (broad SMARTS) is 1. The number of rotatable bonds is 6. The number of nitrogens with one attached hydrogen (secondary N) is 1. The van der Waals surface area contributed by atoms with Crippen molar-refractivity contribution in [2.24, 2.45) is 5.73 Å². The molecule has 0 fully saturated rings. The molecule has 0 bridgehead atoms. The second-order valence-electron chi connectivity index (χ2n) is 5.28. The van der Waals surface area contributed by atoms with Gasteiger partial charge in [-0.15, -0.1) is 0 Å². The molecule has 4 N–H and O–H groups in total. The fraction of sp³-hybridized carbons (Fsp3) is 0.438. The summed E-state index contributed by atoms with van der Waals surface area (Å²) in [7, 11) is 0. The normalized spacial score (nSPS) is 22.5. The van der Waals surface area contributed by atoms with Crippen molar-refractivity contribution in [3.05, 3.63) is 34.0 Å². The third kappa shape index (κ3) is 3.62. The first-order chi connectivity index (χ1) is 10.5. The fourth-order valence-corrected chi connectivity index (χ4v) is 3.38. The summed E-state index contributed by atoms with van der Waals surface area (Å²) in [4.78, 5) is 14.3. The number of hydrogen-bond donors (Lipinski definition) is 3. The molecule has 1 aromatic heterocycles. The Balaban J connectivity index is 2.34. The number of thioether (sulfide) groups is 1. The number of aromatic nitrogens is 1. The third-order valence-electron chi connectivity index (χ3n) is 3.68. The molecule has 2 rings (SSSR count). The van der Waals surface area contributed by atoms with Gasteiger partial charge < -0.3 is 15.8 Å². The van der Waals surface area contributed by atoms with Gasteiger partial charge in [0.25, 0.3) is 0 Å². The van der Waals surface area contributed by atoms with E-state index in [1.165, 1.54) is 0 Å². The van der Waals surface area contributed by atoms with Crippen LogP contribution < -0.4 is 16.3 Å². The second kappa shape index (κ2) is 7.15. The molecular weight excluding hydrogens is 303 g/mol. The highest BCUT2D eigenvalue weighted by Crippen LogP contribution is 2.21. The van der Waals surface area contributed by atoms with Gasteiger partial charge in [-0.25, -0.2) is 9.18 Å². The van der Waals surface area contributed by atoms with Crippen LogP contribution in [0, 0.1) is 0 Å². The molecule has 0 saturated carbocycles. The van der Waals surface area contributed by atoms with Crippen molar-refractivity contribution in [2.75, 3.05) is 12.3 Å². The number of alkyl halides is 1. The maximum Gasteiger partial charge on any atom is 0.332 e. The van der Waals surface area contributed by atoms with Crippen LogP contribution in [0.2, 0.25) is 0 Å². The molecule has 0 amide bonds. The average Bonchev–Trinajstić information content (AvgIpc) is 2.87. The fourth-order valence-electron chi connectivity index (χ4n) is 2.50. The molecule has 0 spiro atoms. The van der Waals surface area contributed by atoms with E-state index in [1.807, 2.05) is 26.0 Å². The molecule has 3 atom stereocenters. The van der Waals surface area contributed by atoms with E-state index in [0.29, 0.717) is 0 Å². The standard InChI is InChI=1S/C16H21FN2O2S/c1-3-22-15-7-14-10(5-12(15)17)6-13(19-14)9(2)4-11(8-18)16(20)21/h4-7,9,12,15,19H,3,8,18H2,1-2H3,(H,20,21)/b11-4+. The number of carboxylic acids is 1. The Kier molecular flexibility index (Phi) is 5.47. The van der Waals surface area contributed by atoms with Gasteiger partial charge in [0.15, 0.2) is 0 Å². The monoisotopic (exact) mass is 324 g/mol. The van der Waals surface area contributed by atoms with Crippen LogP contribution in [0.1, 0.15) is 25.5 Å². The van der Waals surface area contributed by atoms with Crippen LogP contribution in [-0.2, 0) is 4.79 Å². The van der Waals surface area contributed by atoms with Gasteiger partial charge in [-0.05, 0) is 29.2 Å². The van der Waals surface area contributed by atoms with Gasteiger partial charge in [-0.2, -0.15) is 11.8 Å². The number of hydrogen-bond acceptors (Lipinski definition) is 3. The number of nitrogens with two attached hydrogens (primary N) is 1. The lowest BCUT2D eigenvalue weighted by molar-refractivity contribution is -0.132. The van der Waals surface area contributed by atoms with Crippen LogP contribution in [0.5, 0.6) is 0 Å². The first kappa shape index (κ1) is 16.8. The zero-order chi connectivity index (χ0) is 16.3. The zero-order valence-corrected chi connectivity index (χ0v) is 13.5. The summed E-state index contributed by atoms with van der Waals surface area (Å²) >= 11 is 1.57. The van der Waals surface area contributed by atoms with Crippen molar-refractivity contribution in [3.63, 3.8) is 0 Å². The van der Waals surface area contributed by atoms with E-state index in [2.05, 4.69) is 4.98 Å². The predicted molar refractivity (Wildman–Crippen MR) is 89.0 cm³/mol. The molecule has 22 heavy (non-hydrogen) atoms. The minimum atomic E-state index is -1.01. The molecule has 0 radical (unpaired) electrons. The molecule has 1 aromatic rings. The number of halogens is 1. The Hall–Kier alpha value is -1.53. The maximum absolute atomic E-state index is 14.1. The minimum absolute atomic E-state index is 0.0138. The van der Waals surface area contributed by atoms with Crippen LogP contribution in [0.4, 0.5) is 4.39 Å². The van der Waals surface area contributed by atoms with Gasteiger partial charge in [0.05, 0.1) is 5.25 Å². The number of carbonyl (C=O) groups is 1. The number of H-pyrrole nitrogens is 1. The Morgan fingerprint density at radius 3 is 2.91 bits per heavy atom. The van der Waals surface area contributed by atoms with Gasteiger partial charge >= 0.3 is 5.97 Å². The van der Waals surface area contributed by atoms with Crippen molar-refractivity contribution in [3.8, 4) is 0 Å². The highest BCUT2D eigenvalue weighted by molar-refractivity contribution is 8.00. The van der Waals surface area contributed by atoms with Crippen LogP contribution in [0.25, 0.3) is 12.2 Å². The van der Waals surface area contributed by atoms with Crippen LogP contribution in [-0.4, -0.2) is 39.8 Å². The number of aliphatic carboxylic acids is 1. The quantitative estimate of drug-likeness (QED) is 0.685. The minimum Gasteiger partial charge on any atom is -0.478 e. The van der Waals surface area contributed by atoms with E-state index < -0.39 is 12.1 Å². The number of allylic oxidation sites excluding steroid dienone is 1. The van der Waals surface area contributed by atoms with E-state index in [0.717, 1.165) is 22.0 Å². The molecule has 0 saturated heterocycles. The lowest BCUT2D eigenvalue weighted by atomic mass is 10.0. The Morgan fingerprint density at radius 1 is 1.59 bits per heavy atom. The molecule has 0 aromatic carbocycles. The van der Waals surface area contributed by atoms with Crippen LogP contribution in [0.3, 0.4) is 0 Å². The topological polar surface area (TPSA) is 79.1 Å². The van der Waals surface area contributed by atoms with Crippen molar-refractivity contribution in [2.45, 2.75) is 31.2 Å². The molecule has 4 nitrogen and oxygen atoms in total. The van der Waals surface area contributed by atoms with Gasteiger partial charge in [0.1, 0.15) is 6.17 Å². The largest absolute Gasteiger partial charge is 0.478 e. The Morgan fingerprint density at radius 2 is 2.32 bits per heavy atom.